The Hall–Kier alpha value is -0.930. The van der Waals surface area contributed by atoms with Crippen LogP contribution < -0.4 is 4.52 Å². The molecule has 88 valence electrons. The lowest BCUT2D eigenvalue weighted by atomic mass is 10.5. The molecule has 4 nitrogen and oxygen atoms in total. The maximum absolute atomic E-state index is 5.74. The van der Waals surface area contributed by atoms with Crippen molar-refractivity contribution in [1.82, 2.24) is 9.88 Å². The van der Waals surface area contributed by atoms with Gasteiger partial charge in [0.25, 0.3) is 0 Å². The van der Waals surface area contributed by atoms with Crippen molar-refractivity contribution in [1.29, 1.82) is 0 Å². The zero-order valence-electron chi connectivity index (χ0n) is 9.70. The van der Waals surface area contributed by atoms with Gasteiger partial charge in [-0.05, 0) is 23.9 Å². The summed E-state index contributed by atoms with van der Waals surface area (Å²) in [4.78, 5) is 5.83. The van der Waals surface area contributed by atoms with Crippen LogP contribution in [0.5, 0.6) is 5.75 Å². The van der Waals surface area contributed by atoms with Crippen LogP contribution in [0.1, 0.15) is 6.92 Å². The molecule has 6 heteroatoms. The SMILES string of the molecule is CCP(=S)(N=CN(C)C)Oc1cccnc1. The summed E-state index contributed by atoms with van der Waals surface area (Å²) in [7, 11) is 3.81. The Morgan fingerprint density at radius 2 is 2.38 bits per heavy atom. The van der Waals surface area contributed by atoms with Crippen LogP contribution in [0.15, 0.2) is 29.3 Å². The summed E-state index contributed by atoms with van der Waals surface area (Å²) in [6.07, 6.45) is 3.63. The highest BCUT2D eigenvalue weighted by Gasteiger charge is 2.14. The molecule has 1 atom stereocenters. The maximum atomic E-state index is 5.74. The van der Waals surface area contributed by atoms with Crippen LogP contribution in [0.25, 0.3) is 0 Å². The molecule has 1 aromatic heterocycles. The largest absolute Gasteiger partial charge is 0.445 e. The molecule has 0 aliphatic carbocycles. The van der Waals surface area contributed by atoms with Crippen molar-refractivity contribution in [2.75, 3.05) is 20.3 Å². The van der Waals surface area contributed by atoms with Gasteiger partial charge in [0.15, 0.2) is 0 Å². The molecule has 0 N–H and O–H groups in total. The van der Waals surface area contributed by atoms with Gasteiger partial charge in [0.2, 0.25) is 6.42 Å². The highest BCUT2D eigenvalue weighted by molar-refractivity contribution is 8.11. The van der Waals surface area contributed by atoms with E-state index in [-0.39, 0.29) is 0 Å². The zero-order valence-corrected chi connectivity index (χ0v) is 11.4. The van der Waals surface area contributed by atoms with E-state index in [0.29, 0.717) is 5.75 Å². The minimum Gasteiger partial charge on any atom is -0.445 e. The molecule has 1 rings (SSSR count). The predicted octanol–water partition coefficient (Wildman–Crippen LogP) is 2.38. The highest BCUT2D eigenvalue weighted by atomic mass is 32.4. The van der Waals surface area contributed by atoms with Crippen molar-refractivity contribution < 1.29 is 4.52 Å². The number of nitrogens with zero attached hydrogens (tertiary/aromatic N) is 3. The van der Waals surface area contributed by atoms with Crippen LogP contribution in [0.4, 0.5) is 0 Å². The summed E-state index contributed by atoms with van der Waals surface area (Å²) >= 11 is 5.44. The molecule has 0 spiro atoms. The van der Waals surface area contributed by atoms with Crippen molar-refractivity contribution in [2.24, 2.45) is 4.76 Å². The molecule has 0 saturated heterocycles. The fourth-order valence-corrected chi connectivity index (χ4v) is 2.44. The third kappa shape index (κ3) is 4.29. The fourth-order valence-electron chi connectivity index (χ4n) is 0.918. The summed E-state index contributed by atoms with van der Waals surface area (Å²) in [5, 5.41) is 0. The van der Waals surface area contributed by atoms with Gasteiger partial charge in [-0.25, -0.2) is 4.76 Å². The quantitative estimate of drug-likeness (QED) is 0.461. The second-order valence-electron chi connectivity index (χ2n) is 3.43. The number of aromatic nitrogens is 1. The Morgan fingerprint density at radius 3 is 2.88 bits per heavy atom. The molecular weight excluding hydrogens is 241 g/mol. The normalized spacial score (nSPS) is 14.7. The molecule has 0 saturated carbocycles. The molecule has 0 bridgehead atoms. The monoisotopic (exact) mass is 257 g/mol. The van der Waals surface area contributed by atoms with Crippen molar-refractivity contribution >= 4 is 24.6 Å². The Balaban J connectivity index is 2.79. The molecule has 0 aliphatic rings. The number of rotatable bonds is 5. The van der Waals surface area contributed by atoms with E-state index in [1.807, 2.05) is 38.1 Å². The van der Waals surface area contributed by atoms with Gasteiger partial charge in [-0.1, -0.05) is 6.92 Å². The first-order chi connectivity index (χ1) is 7.56. The maximum Gasteiger partial charge on any atom is 0.223 e. The second-order valence-corrected chi connectivity index (χ2v) is 7.46. The average molecular weight is 257 g/mol. The minimum absolute atomic E-state index is 0.684. The third-order valence-corrected chi connectivity index (χ3v) is 4.77. The summed E-state index contributed by atoms with van der Waals surface area (Å²) in [6, 6.07) is 3.66. The van der Waals surface area contributed by atoms with Gasteiger partial charge in [0.1, 0.15) is 5.75 Å². The van der Waals surface area contributed by atoms with E-state index >= 15 is 0 Å². The van der Waals surface area contributed by atoms with Gasteiger partial charge in [0.05, 0.1) is 12.5 Å². The van der Waals surface area contributed by atoms with Gasteiger partial charge < -0.3 is 9.42 Å². The first-order valence-corrected chi connectivity index (χ1v) is 7.82. The summed E-state index contributed by atoms with van der Waals surface area (Å²) in [5.74, 6) is 0.684. The Morgan fingerprint density at radius 1 is 1.62 bits per heavy atom. The minimum atomic E-state index is -2.15. The van der Waals surface area contributed by atoms with Crippen LogP contribution in [-0.2, 0) is 11.8 Å². The topological polar surface area (TPSA) is 37.7 Å². The van der Waals surface area contributed by atoms with E-state index in [2.05, 4.69) is 9.75 Å². The summed E-state index contributed by atoms with van der Waals surface area (Å²) in [6.45, 7) is 1.99. The van der Waals surface area contributed by atoms with E-state index in [9.17, 15) is 0 Å². The van der Waals surface area contributed by atoms with Crippen molar-refractivity contribution in [2.45, 2.75) is 6.92 Å². The van der Waals surface area contributed by atoms with Crippen LogP contribution in [0.2, 0.25) is 0 Å². The standard InChI is InChI=1S/C10H16N3OPS/c1-4-15(16,12-9-13(2)3)14-10-6-5-7-11-8-10/h5-9H,4H2,1-3H3. The van der Waals surface area contributed by atoms with Crippen LogP contribution in [0, 0.1) is 0 Å². The predicted molar refractivity (Wildman–Crippen MR) is 71.9 cm³/mol. The summed E-state index contributed by atoms with van der Waals surface area (Å²) in [5.41, 5.74) is 0. The fraction of sp³-hybridized carbons (Fsp3) is 0.400. The molecule has 0 radical (unpaired) electrons. The Labute approximate surface area is 102 Å². The zero-order chi connectivity index (χ0) is 12.0. The first-order valence-electron chi connectivity index (χ1n) is 4.96. The molecular formula is C10H16N3OPS. The lowest BCUT2D eigenvalue weighted by Gasteiger charge is -2.17. The van der Waals surface area contributed by atoms with Crippen LogP contribution >= 0.6 is 6.42 Å². The van der Waals surface area contributed by atoms with E-state index in [1.54, 1.807) is 18.7 Å². The molecule has 0 aromatic carbocycles. The van der Waals surface area contributed by atoms with Gasteiger partial charge in [-0.15, -0.1) is 0 Å². The lowest BCUT2D eigenvalue weighted by Crippen LogP contribution is -2.08. The van der Waals surface area contributed by atoms with Crippen molar-refractivity contribution in [3.05, 3.63) is 24.5 Å². The first kappa shape index (κ1) is 13.1. The Bertz CT molecular complexity index is 394. The van der Waals surface area contributed by atoms with Gasteiger partial charge in [0, 0.05) is 26.5 Å². The molecule has 0 amide bonds. The highest BCUT2D eigenvalue weighted by Crippen LogP contribution is 2.48. The third-order valence-electron chi connectivity index (χ3n) is 1.74. The van der Waals surface area contributed by atoms with E-state index < -0.39 is 6.42 Å². The smallest absolute Gasteiger partial charge is 0.223 e. The number of hydrogen-bond acceptors (Lipinski definition) is 3. The van der Waals surface area contributed by atoms with Crippen LogP contribution in [-0.4, -0.2) is 36.5 Å². The van der Waals surface area contributed by atoms with Gasteiger partial charge in [-0.2, -0.15) is 0 Å². The molecule has 1 unspecified atom stereocenters. The average Bonchev–Trinajstić information content (AvgIpc) is 2.28. The van der Waals surface area contributed by atoms with Crippen molar-refractivity contribution in [3.8, 4) is 5.75 Å². The van der Waals surface area contributed by atoms with Crippen molar-refractivity contribution in [3.63, 3.8) is 0 Å². The molecule has 0 aliphatic heterocycles. The van der Waals surface area contributed by atoms with E-state index in [0.717, 1.165) is 6.16 Å². The number of hydrogen-bond donors (Lipinski definition) is 0. The molecule has 0 fully saturated rings. The van der Waals surface area contributed by atoms with E-state index in [4.69, 9.17) is 16.3 Å². The van der Waals surface area contributed by atoms with Gasteiger partial charge >= 0.3 is 0 Å². The molecule has 1 aromatic rings. The van der Waals surface area contributed by atoms with Gasteiger partial charge in [-0.3, -0.25) is 4.98 Å². The lowest BCUT2D eigenvalue weighted by molar-refractivity contribution is 0.604. The molecule has 16 heavy (non-hydrogen) atoms. The Kier molecular flexibility index (Phi) is 4.90. The van der Waals surface area contributed by atoms with E-state index in [1.165, 1.54) is 0 Å². The molecule has 1 heterocycles. The number of pyridine rings is 1. The summed E-state index contributed by atoms with van der Waals surface area (Å²) < 4.78 is 10.1. The second kappa shape index (κ2) is 5.97. The van der Waals surface area contributed by atoms with Crippen LogP contribution in [0.3, 0.4) is 0 Å².